The van der Waals surface area contributed by atoms with Crippen molar-refractivity contribution in [1.29, 1.82) is 0 Å². The molecule has 8 nitrogen and oxygen atoms in total. The maximum Gasteiger partial charge on any atom is 0.321 e. The van der Waals surface area contributed by atoms with Crippen LogP contribution in [0, 0.1) is 6.92 Å². The Labute approximate surface area is 183 Å². The van der Waals surface area contributed by atoms with Crippen LogP contribution in [0.5, 0.6) is 0 Å². The molecular weight excluding hydrogens is 428 g/mol. The summed E-state index contributed by atoms with van der Waals surface area (Å²) >= 11 is 6.11. The maximum absolute atomic E-state index is 13.0. The van der Waals surface area contributed by atoms with E-state index in [1.165, 1.54) is 4.31 Å². The summed E-state index contributed by atoms with van der Waals surface area (Å²) in [5.74, 6) is -0.0918. The Kier molecular flexibility index (Phi) is 7.26. The van der Waals surface area contributed by atoms with Crippen LogP contribution in [0.25, 0.3) is 0 Å². The molecule has 0 saturated carbocycles. The molecule has 30 heavy (non-hydrogen) atoms. The van der Waals surface area contributed by atoms with Crippen molar-refractivity contribution in [3.8, 4) is 0 Å². The molecule has 2 aliphatic rings. The molecule has 1 atom stereocenters. The molecule has 3 amide bonds. The van der Waals surface area contributed by atoms with Gasteiger partial charge < -0.3 is 15.1 Å². The number of amides is 3. The minimum absolute atomic E-state index is 0.0633. The van der Waals surface area contributed by atoms with Gasteiger partial charge in [-0.3, -0.25) is 4.79 Å². The van der Waals surface area contributed by atoms with Gasteiger partial charge in [0.25, 0.3) is 0 Å². The van der Waals surface area contributed by atoms with Gasteiger partial charge in [0.2, 0.25) is 15.9 Å². The molecule has 0 bridgehead atoms. The van der Waals surface area contributed by atoms with Gasteiger partial charge in [-0.1, -0.05) is 24.6 Å². The smallest absolute Gasteiger partial charge is 0.321 e. The summed E-state index contributed by atoms with van der Waals surface area (Å²) in [5, 5.41) is 3.42. The van der Waals surface area contributed by atoms with Crippen molar-refractivity contribution in [3.05, 3.63) is 28.8 Å². The minimum Gasteiger partial charge on any atom is -0.338 e. The zero-order chi connectivity index (χ0) is 21.9. The Balaban J connectivity index is 1.56. The largest absolute Gasteiger partial charge is 0.338 e. The fourth-order valence-electron chi connectivity index (χ4n) is 3.91. The van der Waals surface area contributed by atoms with E-state index >= 15 is 0 Å². The van der Waals surface area contributed by atoms with Crippen LogP contribution in [0.3, 0.4) is 0 Å². The Morgan fingerprint density at radius 3 is 2.43 bits per heavy atom. The molecule has 2 saturated heterocycles. The Hall–Kier alpha value is -1.84. The monoisotopic (exact) mass is 456 g/mol. The minimum atomic E-state index is -3.41. The van der Waals surface area contributed by atoms with Crippen molar-refractivity contribution < 1.29 is 18.0 Å². The number of nitrogens with zero attached hydrogens (tertiary/aromatic N) is 3. The first kappa shape index (κ1) is 22.8. The van der Waals surface area contributed by atoms with Gasteiger partial charge in [-0.05, 0) is 43.9 Å². The number of aryl methyl sites for hydroxylation is 1. The van der Waals surface area contributed by atoms with Gasteiger partial charge in [0.15, 0.2) is 0 Å². The number of anilines is 1. The molecule has 0 aliphatic carbocycles. The maximum atomic E-state index is 13.0. The number of benzene rings is 1. The second-order valence-corrected chi connectivity index (χ2v) is 10.2. The third kappa shape index (κ3) is 5.07. The van der Waals surface area contributed by atoms with Crippen molar-refractivity contribution >= 4 is 39.2 Å². The lowest BCUT2D eigenvalue weighted by molar-refractivity contribution is -0.136. The summed E-state index contributed by atoms with van der Waals surface area (Å²) in [4.78, 5) is 28.8. The van der Waals surface area contributed by atoms with Crippen molar-refractivity contribution in [1.82, 2.24) is 14.1 Å². The van der Waals surface area contributed by atoms with E-state index in [0.717, 1.165) is 5.56 Å². The fraction of sp³-hybridized carbons (Fsp3) is 0.600. The van der Waals surface area contributed by atoms with Crippen molar-refractivity contribution in [3.63, 3.8) is 0 Å². The topological polar surface area (TPSA) is 90.0 Å². The van der Waals surface area contributed by atoms with E-state index in [0.29, 0.717) is 62.7 Å². The molecule has 1 aromatic carbocycles. The molecule has 3 rings (SSSR count). The van der Waals surface area contributed by atoms with E-state index in [1.807, 2.05) is 19.9 Å². The molecule has 1 unspecified atom stereocenters. The number of rotatable bonds is 5. The fourth-order valence-corrected chi connectivity index (χ4v) is 5.83. The second kappa shape index (κ2) is 9.53. The van der Waals surface area contributed by atoms with E-state index in [9.17, 15) is 18.0 Å². The summed E-state index contributed by atoms with van der Waals surface area (Å²) in [5.41, 5.74) is 1.56. The number of sulfonamides is 1. The lowest BCUT2D eigenvalue weighted by atomic mass is 10.2. The van der Waals surface area contributed by atoms with Gasteiger partial charge >= 0.3 is 6.03 Å². The summed E-state index contributed by atoms with van der Waals surface area (Å²) < 4.78 is 26.3. The number of piperazine rings is 1. The van der Waals surface area contributed by atoms with Crippen LogP contribution in [0.2, 0.25) is 5.02 Å². The molecule has 2 fully saturated rings. The Bertz CT molecular complexity index is 900. The summed E-state index contributed by atoms with van der Waals surface area (Å²) in [6.45, 7) is 5.68. The van der Waals surface area contributed by atoms with E-state index < -0.39 is 16.1 Å². The van der Waals surface area contributed by atoms with Crippen molar-refractivity contribution in [2.24, 2.45) is 0 Å². The quantitative estimate of drug-likeness (QED) is 0.737. The highest BCUT2D eigenvalue weighted by Gasteiger charge is 2.40. The highest BCUT2D eigenvalue weighted by Crippen LogP contribution is 2.24. The first-order valence-electron chi connectivity index (χ1n) is 10.3. The number of halogens is 1. The number of hydrogen-bond donors (Lipinski definition) is 1. The van der Waals surface area contributed by atoms with Gasteiger partial charge in [0.05, 0.1) is 5.75 Å². The third-order valence-electron chi connectivity index (χ3n) is 5.61. The average molecular weight is 457 g/mol. The number of urea groups is 1. The second-order valence-electron chi connectivity index (χ2n) is 7.79. The van der Waals surface area contributed by atoms with E-state index in [1.54, 1.807) is 21.9 Å². The summed E-state index contributed by atoms with van der Waals surface area (Å²) in [7, 11) is -3.41. The normalized spacial score (nSPS) is 20.4. The lowest BCUT2D eigenvalue weighted by Crippen LogP contribution is -2.56. The van der Waals surface area contributed by atoms with Gasteiger partial charge in [-0.2, -0.15) is 4.31 Å². The van der Waals surface area contributed by atoms with Gasteiger partial charge in [-0.25, -0.2) is 13.2 Å². The summed E-state index contributed by atoms with van der Waals surface area (Å²) in [6.07, 6.45) is 1.78. The molecule has 0 spiro atoms. The predicted molar refractivity (Wildman–Crippen MR) is 117 cm³/mol. The SMILES string of the molecule is CCCS(=O)(=O)N1CCCC1C(=O)N1CCN(C(=O)Nc2ccc(C)c(Cl)c2)CC1. The molecule has 1 N–H and O–H groups in total. The number of hydrogen-bond acceptors (Lipinski definition) is 4. The molecular formula is C20H29ClN4O4S. The van der Waals surface area contributed by atoms with Crippen LogP contribution in [0.15, 0.2) is 18.2 Å². The van der Waals surface area contributed by atoms with Crippen LogP contribution >= 0.6 is 11.6 Å². The molecule has 166 valence electrons. The first-order chi connectivity index (χ1) is 14.2. The van der Waals surface area contributed by atoms with Gasteiger partial charge in [-0.15, -0.1) is 0 Å². The highest BCUT2D eigenvalue weighted by atomic mass is 35.5. The molecule has 10 heteroatoms. The standard InChI is InChI=1S/C20H29ClN4O4S/c1-3-13-30(28,29)25-8-4-5-18(25)19(26)23-9-11-24(12-10-23)20(27)22-16-7-6-15(2)17(21)14-16/h6-7,14,18H,3-5,8-13H2,1-2H3,(H,22,27). The Morgan fingerprint density at radius 2 is 1.80 bits per heavy atom. The van der Waals surface area contributed by atoms with Crippen LogP contribution < -0.4 is 5.32 Å². The van der Waals surface area contributed by atoms with Gasteiger partial charge in [0.1, 0.15) is 6.04 Å². The molecule has 0 radical (unpaired) electrons. The predicted octanol–water partition coefficient (Wildman–Crippen LogP) is 2.53. The van der Waals surface area contributed by atoms with Gasteiger partial charge in [0, 0.05) is 43.4 Å². The molecule has 0 aromatic heterocycles. The average Bonchev–Trinajstić information content (AvgIpc) is 3.21. The number of carbonyl (C=O) groups is 2. The van der Waals surface area contributed by atoms with Crippen molar-refractivity contribution in [2.75, 3.05) is 43.8 Å². The van der Waals surface area contributed by atoms with E-state index in [-0.39, 0.29) is 17.7 Å². The lowest BCUT2D eigenvalue weighted by Gasteiger charge is -2.37. The highest BCUT2D eigenvalue weighted by molar-refractivity contribution is 7.89. The molecule has 1 aromatic rings. The zero-order valence-corrected chi connectivity index (χ0v) is 19.0. The third-order valence-corrected chi connectivity index (χ3v) is 8.09. The Morgan fingerprint density at radius 1 is 1.13 bits per heavy atom. The van der Waals surface area contributed by atoms with E-state index in [2.05, 4.69) is 5.32 Å². The number of carbonyl (C=O) groups excluding carboxylic acids is 2. The van der Waals surface area contributed by atoms with Crippen LogP contribution in [0.1, 0.15) is 31.7 Å². The van der Waals surface area contributed by atoms with Crippen LogP contribution in [-0.4, -0.2) is 79.0 Å². The number of nitrogens with one attached hydrogen (secondary N) is 1. The molecule has 2 aliphatic heterocycles. The van der Waals surface area contributed by atoms with Crippen molar-refractivity contribution in [2.45, 2.75) is 39.2 Å². The van der Waals surface area contributed by atoms with E-state index in [4.69, 9.17) is 11.6 Å². The molecule has 2 heterocycles. The first-order valence-corrected chi connectivity index (χ1v) is 12.3. The van der Waals surface area contributed by atoms with Crippen LogP contribution in [-0.2, 0) is 14.8 Å². The zero-order valence-electron chi connectivity index (χ0n) is 17.4. The van der Waals surface area contributed by atoms with Crippen LogP contribution in [0.4, 0.5) is 10.5 Å². The summed E-state index contributed by atoms with van der Waals surface area (Å²) in [6, 6.07) is 4.49.